The second-order valence-corrected chi connectivity index (χ2v) is 8.46. The van der Waals surface area contributed by atoms with E-state index >= 15 is 0 Å². The maximum Gasteiger partial charge on any atom is 0.281 e. The molecule has 2 rings (SSSR count). The van der Waals surface area contributed by atoms with Crippen molar-refractivity contribution in [1.29, 1.82) is 0 Å². The standard InChI is InChI=1S/C10H20N2O3S2/c1-4-15-9-5-10(16-6-9)7-12(8-10)17(13,14)11(2)3/h9H,4-8H2,1-3H3/t9-/m1/s1. The molecule has 0 amide bonds. The molecule has 0 saturated carbocycles. The van der Waals surface area contributed by atoms with Crippen molar-refractivity contribution in [3.8, 4) is 0 Å². The molecule has 1 spiro atoms. The van der Waals surface area contributed by atoms with Crippen LogP contribution in [0, 0.1) is 0 Å². The number of ether oxygens (including phenoxy) is 1. The SMILES string of the molecule is CCO[C@H]1CSC2(C1)CN(S(=O)(=O)N(C)C)C2. The lowest BCUT2D eigenvalue weighted by atomic mass is 9.95. The molecule has 5 nitrogen and oxygen atoms in total. The van der Waals surface area contributed by atoms with Gasteiger partial charge in [0.1, 0.15) is 0 Å². The third-order valence-electron chi connectivity index (χ3n) is 3.29. The van der Waals surface area contributed by atoms with Crippen LogP contribution in [0.15, 0.2) is 0 Å². The second-order valence-electron chi connectivity index (χ2n) is 4.83. The van der Waals surface area contributed by atoms with Crippen LogP contribution in [0.2, 0.25) is 0 Å². The fraction of sp³-hybridized carbons (Fsp3) is 1.00. The monoisotopic (exact) mass is 280 g/mol. The number of nitrogens with zero attached hydrogens (tertiary/aromatic N) is 2. The largest absolute Gasteiger partial charge is 0.378 e. The lowest BCUT2D eigenvalue weighted by Gasteiger charge is -2.46. The van der Waals surface area contributed by atoms with E-state index in [4.69, 9.17) is 4.74 Å². The highest BCUT2D eigenvalue weighted by atomic mass is 32.2. The molecule has 17 heavy (non-hydrogen) atoms. The highest BCUT2D eigenvalue weighted by Gasteiger charge is 2.53. The average molecular weight is 280 g/mol. The summed E-state index contributed by atoms with van der Waals surface area (Å²) < 4.78 is 32.3. The van der Waals surface area contributed by atoms with E-state index in [0.29, 0.717) is 19.2 Å². The second kappa shape index (κ2) is 4.70. The summed E-state index contributed by atoms with van der Waals surface area (Å²) in [6.45, 7) is 3.99. The average Bonchev–Trinajstić information content (AvgIpc) is 2.60. The van der Waals surface area contributed by atoms with Crippen LogP contribution in [0.5, 0.6) is 0 Å². The van der Waals surface area contributed by atoms with Gasteiger partial charge < -0.3 is 4.74 Å². The summed E-state index contributed by atoms with van der Waals surface area (Å²) >= 11 is 1.86. The first kappa shape index (κ1) is 13.6. The van der Waals surface area contributed by atoms with Crippen molar-refractivity contribution in [2.75, 3.05) is 39.5 Å². The summed E-state index contributed by atoms with van der Waals surface area (Å²) in [6.07, 6.45) is 1.28. The van der Waals surface area contributed by atoms with Gasteiger partial charge in [0, 0.05) is 44.3 Å². The highest BCUT2D eigenvalue weighted by Crippen LogP contribution is 2.46. The molecular weight excluding hydrogens is 260 g/mol. The minimum Gasteiger partial charge on any atom is -0.378 e. The Hall–Kier alpha value is 0.180. The molecule has 0 N–H and O–H groups in total. The van der Waals surface area contributed by atoms with Gasteiger partial charge in [-0.25, -0.2) is 0 Å². The summed E-state index contributed by atoms with van der Waals surface area (Å²) in [5, 5.41) is 0. The van der Waals surface area contributed by atoms with Crippen molar-refractivity contribution in [2.24, 2.45) is 0 Å². The van der Waals surface area contributed by atoms with E-state index in [0.717, 1.165) is 18.8 Å². The molecule has 1 atom stereocenters. The van der Waals surface area contributed by atoms with E-state index in [1.54, 1.807) is 18.4 Å². The Morgan fingerprint density at radius 2 is 2.12 bits per heavy atom. The van der Waals surface area contributed by atoms with Crippen molar-refractivity contribution in [1.82, 2.24) is 8.61 Å². The number of hydrogen-bond acceptors (Lipinski definition) is 4. The smallest absolute Gasteiger partial charge is 0.281 e. The summed E-state index contributed by atoms with van der Waals surface area (Å²) in [4.78, 5) is 0. The molecule has 0 bridgehead atoms. The summed E-state index contributed by atoms with van der Waals surface area (Å²) in [7, 11) is -0.0718. The molecule has 7 heteroatoms. The van der Waals surface area contributed by atoms with Gasteiger partial charge in [-0.15, -0.1) is 11.8 Å². The van der Waals surface area contributed by atoms with Crippen LogP contribution >= 0.6 is 11.8 Å². The number of rotatable bonds is 4. The fourth-order valence-electron chi connectivity index (χ4n) is 2.36. The fourth-order valence-corrected chi connectivity index (χ4v) is 5.35. The zero-order valence-electron chi connectivity index (χ0n) is 10.5. The van der Waals surface area contributed by atoms with Gasteiger partial charge in [-0.3, -0.25) is 0 Å². The van der Waals surface area contributed by atoms with E-state index in [2.05, 4.69) is 0 Å². The molecular formula is C10H20N2O3S2. The van der Waals surface area contributed by atoms with Gasteiger partial charge in [0.25, 0.3) is 10.2 Å². The van der Waals surface area contributed by atoms with Gasteiger partial charge in [0.05, 0.1) is 6.10 Å². The van der Waals surface area contributed by atoms with Crippen molar-refractivity contribution >= 4 is 22.0 Å². The quantitative estimate of drug-likeness (QED) is 0.747. The molecule has 0 aromatic rings. The Morgan fingerprint density at radius 1 is 1.47 bits per heavy atom. The Labute approximate surface area is 108 Å². The van der Waals surface area contributed by atoms with Gasteiger partial charge in [0.15, 0.2) is 0 Å². The Balaban J connectivity index is 1.91. The molecule has 0 aromatic carbocycles. The van der Waals surface area contributed by atoms with Gasteiger partial charge in [0.2, 0.25) is 0 Å². The van der Waals surface area contributed by atoms with Crippen LogP contribution < -0.4 is 0 Å². The van der Waals surface area contributed by atoms with Gasteiger partial charge in [-0.2, -0.15) is 17.0 Å². The molecule has 2 aliphatic heterocycles. The minimum absolute atomic E-state index is 0.114. The molecule has 0 radical (unpaired) electrons. The molecule has 2 heterocycles. The summed E-state index contributed by atoms with van der Waals surface area (Å²) in [5.41, 5.74) is 0. The molecule has 0 aromatic heterocycles. The summed E-state index contributed by atoms with van der Waals surface area (Å²) in [6, 6.07) is 0. The summed E-state index contributed by atoms with van der Waals surface area (Å²) in [5.74, 6) is 0.990. The predicted octanol–water partition coefficient (Wildman–Crippen LogP) is 0.389. The molecule has 0 aliphatic carbocycles. The molecule has 100 valence electrons. The van der Waals surface area contributed by atoms with Crippen molar-refractivity contribution in [3.05, 3.63) is 0 Å². The maximum absolute atomic E-state index is 11.9. The van der Waals surface area contributed by atoms with Crippen LogP contribution in [0.3, 0.4) is 0 Å². The van der Waals surface area contributed by atoms with Gasteiger partial charge in [-0.05, 0) is 13.3 Å². The maximum atomic E-state index is 11.9. The van der Waals surface area contributed by atoms with Crippen LogP contribution in [0.4, 0.5) is 0 Å². The lowest BCUT2D eigenvalue weighted by molar-refractivity contribution is 0.0592. The topological polar surface area (TPSA) is 49.9 Å². The first-order valence-electron chi connectivity index (χ1n) is 5.83. The lowest BCUT2D eigenvalue weighted by Crippen LogP contribution is -2.62. The van der Waals surface area contributed by atoms with Crippen molar-refractivity contribution in [2.45, 2.75) is 24.2 Å². The Morgan fingerprint density at radius 3 is 2.65 bits per heavy atom. The molecule has 0 unspecified atom stereocenters. The minimum atomic E-state index is -3.22. The Bertz CT molecular complexity index is 377. The zero-order chi connectivity index (χ0) is 12.7. The third-order valence-corrected chi connectivity index (χ3v) is 6.70. The van der Waals surface area contributed by atoms with Crippen LogP contribution in [0.1, 0.15) is 13.3 Å². The van der Waals surface area contributed by atoms with Crippen molar-refractivity contribution < 1.29 is 13.2 Å². The zero-order valence-corrected chi connectivity index (χ0v) is 12.2. The van der Waals surface area contributed by atoms with E-state index in [1.165, 1.54) is 4.31 Å². The highest BCUT2D eigenvalue weighted by molar-refractivity contribution is 8.01. The first-order valence-corrected chi connectivity index (χ1v) is 8.21. The van der Waals surface area contributed by atoms with Crippen LogP contribution in [-0.4, -0.2) is 67.4 Å². The van der Waals surface area contributed by atoms with Crippen molar-refractivity contribution in [3.63, 3.8) is 0 Å². The Kier molecular flexibility index (Phi) is 3.76. The third kappa shape index (κ3) is 2.49. The van der Waals surface area contributed by atoms with E-state index in [-0.39, 0.29) is 4.75 Å². The van der Waals surface area contributed by atoms with E-state index in [1.807, 2.05) is 18.7 Å². The van der Waals surface area contributed by atoms with Gasteiger partial charge >= 0.3 is 0 Å². The first-order chi connectivity index (χ1) is 7.89. The molecule has 2 saturated heterocycles. The van der Waals surface area contributed by atoms with E-state index in [9.17, 15) is 8.42 Å². The molecule has 2 aliphatic rings. The van der Waals surface area contributed by atoms with Crippen LogP contribution in [0.25, 0.3) is 0 Å². The van der Waals surface area contributed by atoms with Gasteiger partial charge in [-0.1, -0.05) is 0 Å². The normalized spacial score (nSPS) is 28.8. The van der Waals surface area contributed by atoms with E-state index < -0.39 is 10.2 Å². The number of hydrogen-bond donors (Lipinski definition) is 0. The van der Waals surface area contributed by atoms with Crippen LogP contribution in [-0.2, 0) is 14.9 Å². The molecule has 2 fully saturated rings. The number of thioether (sulfide) groups is 1. The predicted molar refractivity (Wildman–Crippen MR) is 69.4 cm³/mol.